The molecule has 2 nitrogen and oxygen atoms in total. The van der Waals surface area contributed by atoms with Crippen molar-refractivity contribution < 1.29 is 5.11 Å². The Bertz CT molecular complexity index is 298. The predicted molar refractivity (Wildman–Crippen MR) is 65.3 cm³/mol. The van der Waals surface area contributed by atoms with E-state index in [-0.39, 0.29) is 6.10 Å². The Labute approximate surface area is 92.5 Å². The van der Waals surface area contributed by atoms with E-state index in [1.807, 2.05) is 25.1 Å². The van der Waals surface area contributed by atoms with Gasteiger partial charge in [-0.2, -0.15) is 0 Å². The third kappa shape index (κ3) is 2.96. The quantitative estimate of drug-likeness (QED) is 0.802. The monoisotopic (exact) mass is 207 g/mol. The van der Waals surface area contributed by atoms with Gasteiger partial charge in [0.25, 0.3) is 0 Å². The number of hydrogen-bond acceptors (Lipinski definition) is 2. The molecule has 0 aliphatic rings. The average Bonchev–Trinajstić information content (AvgIpc) is 2.28. The van der Waals surface area contributed by atoms with Gasteiger partial charge >= 0.3 is 0 Å². The van der Waals surface area contributed by atoms with Crippen molar-refractivity contribution in [3.05, 3.63) is 29.8 Å². The van der Waals surface area contributed by atoms with Gasteiger partial charge in [0.15, 0.2) is 0 Å². The lowest BCUT2D eigenvalue weighted by atomic mass is 10.0. The van der Waals surface area contributed by atoms with Crippen molar-refractivity contribution in [1.29, 1.82) is 0 Å². The van der Waals surface area contributed by atoms with E-state index in [1.54, 1.807) is 0 Å². The van der Waals surface area contributed by atoms with Crippen LogP contribution in [0.4, 0.5) is 5.69 Å². The molecule has 0 amide bonds. The lowest BCUT2D eigenvalue weighted by Gasteiger charge is -2.23. The zero-order valence-electron chi connectivity index (χ0n) is 9.90. The number of aliphatic hydroxyl groups excluding tert-OH is 1. The van der Waals surface area contributed by atoms with Gasteiger partial charge in [-0.3, -0.25) is 0 Å². The fourth-order valence-corrected chi connectivity index (χ4v) is 1.79. The molecule has 0 fully saturated rings. The maximum absolute atomic E-state index is 9.90. The van der Waals surface area contributed by atoms with E-state index in [4.69, 9.17) is 0 Å². The largest absolute Gasteiger partial charge is 0.388 e. The molecule has 0 heterocycles. The van der Waals surface area contributed by atoms with Crippen LogP contribution in [-0.4, -0.2) is 18.7 Å². The zero-order valence-corrected chi connectivity index (χ0v) is 9.90. The van der Waals surface area contributed by atoms with E-state index in [1.165, 1.54) is 0 Å². The van der Waals surface area contributed by atoms with Crippen molar-refractivity contribution in [2.75, 3.05) is 18.5 Å². The first kappa shape index (κ1) is 12.1. The second kappa shape index (κ2) is 5.76. The fraction of sp³-hybridized carbons (Fsp3) is 0.538. The number of para-hydroxylation sites is 1. The molecule has 1 N–H and O–H groups in total. The Morgan fingerprint density at radius 3 is 2.53 bits per heavy atom. The number of hydrogen-bond donors (Lipinski definition) is 1. The van der Waals surface area contributed by atoms with E-state index >= 15 is 0 Å². The highest BCUT2D eigenvalue weighted by Crippen LogP contribution is 2.27. The summed E-state index contributed by atoms with van der Waals surface area (Å²) in [7, 11) is 2.07. The smallest absolute Gasteiger partial charge is 0.0807 e. The molecule has 1 aromatic carbocycles. The lowest BCUT2D eigenvalue weighted by Crippen LogP contribution is -2.20. The van der Waals surface area contributed by atoms with E-state index in [2.05, 4.69) is 24.9 Å². The number of nitrogens with zero attached hydrogens (tertiary/aromatic N) is 1. The van der Waals surface area contributed by atoms with Crippen LogP contribution in [0.25, 0.3) is 0 Å². The number of aliphatic hydroxyl groups is 1. The Balaban J connectivity index is 2.95. The molecule has 15 heavy (non-hydrogen) atoms. The number of benzene rings is 1. The van der Waals surface area contributed by atoms with Crippen LogP contribution >= 0.6 is 0 Å². The topological polar surface area (TPSA) is 23.5 Å². The molecule has 0 spiro atoms. The zero-order chi connectivity index (χ0) is 11.3. The molecule has 1 aromatic rings. The summed E-state index contributed by atoms with van der Waals surface area (Å²) in [5, 5.41) is 9.90. The van der Waals surface area contributed by atoms with Crippen molar-refractivity contribution in [2.24, 2.45) is 0 Å². The van der Waals surface area contributed by atoms with Gasteiger partial charge < -0.3 is 10.0 Å². The summed E-state index contributed by atoms with van der Waals surface area (Å²) in [5.74, 6) is 0. The van der Waals surface area contributed by atoms with E-state index in [0.29, 0.717) is 0 Å². The third-order valence-corrected chi connectivity index (χ3v) is 2.65. The van der Waals surface area contributed by atoms with Gasteiger partial charge in [-0.25, -0.2) is 0 Å². The van der Waals surface area contributed by atoms with Gasteiger partial charge in [-0.1, -0.05) is 32.0 Å². The maximum atomic E-state index is 9.90. The molecule has 0 bridgehead atoms. The SMILES string of the molecule is CCCN(C)c1ccccc1C(O)CC. The van der Waals surface area contributed by atoms with Crippen LogP contribution in [-0.2, 0) is 0 Å². The van der Waals surface area contributed by atoms with E-state index in [0.717, 1.165) is 30.6 Å². The van der Waals surface area contributed by atoms with E-state index < -0.39 is 0 Å². The highest BCUT2D eigenvalue weighted by molar-refractivity contribution is 5.53. The van der Waals surface area contributed by atoms with Crippen LogP contribution in [0.1, 0.15) is 38.4 Å². The molecule has 1 atom stereocenters. The van der Waals surface area contributed by atoms with Crippen LogP contribution in [0, 0.1) is 0 Å². The molecular weight excluding hydrogens is 186 g/mol. The Kier molecular flexibility index (Phi) is 4.63. The molecule has 84 valence electrons. The Morgan fingerprint density at radius 2 is 1.93 bits per heavy atom. The van der Waals surface area contributed by atoms with Crippen LogP contribution in [0.5, 0.6) is 0 Å². The van der Waals surface area contributed by atoms with Crippen LogP contribution in [0.3, 0.4) is 0 Å². The molecule has 0 aliphatic heterocycles. The molecule has 0 aliphatic carbocycles. The fourth-order valence-electron chi connectivity index (χ4n) is 1.79. The normalized spacial score (nSPS) is 12.5. The second-order valence-corrected chi connectivity index (χ2v) is 3.90. The summed E-state index contributed by atoms with van der Waals surface area (Å²) >= 11 is 0. The summed E-state index contributed by atoms with van der Waals surface area (Å²) in [6, 6.07) is 8.09. The minimum Gasteiger partial charge on any atom is -0.388 e. The van der Waals surface area contributed by atoms with Crippen molar-refractivity contribution in [3.8, 4) is 0 Å². The van der Waals surface area contributed by atoms with Gasteiger partial charge in [-0.05, 0) is 18.9 Å². The van der Waals surface area contributed by atoms with Gasteiger partial charge in [-0.15, -0.1) is 0 Å². The highest BCUT2D eigenvalue weighted by atomic mass is 16.3. The maximum Gasteiger partial charge on any atom is 0.0807 e. The van der Waals surface area contributed by atoms with Crippen molar-refractivity contribution >= 4 is 5.69 Å². The van der Waals surface area contributed by atoms with Gasteiger partial charge in [0.2, 0.25) is 0 Å². The summed E-state index contributed by atoms with van der Waals surface area (Å²) in [6.45, 7) is 5.18. The summed E-state index contributed by atoms with van der Waals surface area (Å²) < 4.78 is 0. The molecule has 0 radical (unpaired) electrons. The summed E-state index contributed by atoms with van der Waals surface area (Å²) in [5.41, 5.74) is 2.18. The van der Waals surface area contributed by atoms with Crippen LogP contribution in [0.2, 0.25) is 0 Å². The first-order valence-corrected chi connectivity index (χ1v) is 5.68. The molecule has 0 saturated carbocycles. The summed E-state index contributed by atoms with van der Waals surface area (Å²) in [4.78, 5) is 2.20. The van der Waals surface area contributed by atoms with Gasteiger partial charge in [0.05, 0.1) is 6.10 Å². The van der Waals surface area contributed by atoms with Gasteiger partial charge in [0, 0.05) is 24.8 Å². The molecule has 1 rings (SSSR count). The Hall–Kier alpha value is -1.02. The minimum atomic E-state index is -0.347. The standard InChI is InChI=1S/C13H21NO/c1-4-10-14(3)12-9-7-6-8-11(12)13(15)5-2/h6-9,13,15H,4-5,10H2,1-3H3. The van der Waals surface area contributed by atoms with Crippen molar-refractivity contribution in [1.82, 2.24) is 0 Å². The molecular formula is C13H21NO. The molecule has 1 unspecified atom stereocenters. The lowest BCUT2D eigenvalue weighted by molar-refractivity contribution is 0.174. The first-order valence-electron chi connectivity index (χ1n) is 5.68. The third-order valence-electron chi connectivity index (χ3n) is 2.65. The average molecular weight is 207 g/mol. The number of anilines is 1. The predicted octanol–water partition coefficient (Wildman–Crippen LogP) is 2.98. The second-order valence-electron chi connectivity index (χ2n) is 3.90. The first-order chi connectivity index (χ1) is 7.20. The van der Waals surface area contributed by atoms with Crippen LogP contribution < -0.4 is 4.90 Å². The van der Waals surface area contributed by atoms with Crippen molar-refractivity contribution in [3.63, 3.8) is 0 Å². The molecule has 2 heteroatoms. The summed E-state index contributed by atoms with van der Waals surface area (Å²) in [6.07, 6.45) is 1.53. The van der Waals surface area contributed by atoms with Crippen LogP contribution in [0.15, 0.2) is 24.3 Å². The molecule has 0 saturated heterocycles. The minimum absolute atomic E-state index is 0.347. The van der Waals surface area contributed by atoms with Crippen molar-refractivity contribution in [2.45, 2.75) is 32.8 Å². The molecule has 0 aromatic heterocycles. The van der Waals surface area contributed by atoms with E-state index in [9.17, 15) is 5.11 Å². The Morgan fingerprint density at radius 1 is 1.27 bits per heavy atom. The van der Waals surface area contributed by atoms with Gasteiger partial charge in [0.1, 0.15) is 0 Å². The highest BCUT2D eigenvalue weighted by Gasteiger charge is 2.12. The number of rotatable bonds is 5.